The molecule has 0 aliphatic heterocycles. The van der Waals surface area contributed by atoms with E-state index >= 15 is 0 Å². The number of furan rings is 1. The Morgan fingerprint density at radius 2 is 2.41 bits per heavy atom. The van der Waals surface area contributed by atoms with Crippen molar-refractivity contribution in [2.24, 2.45) is 0 Å². The third kappa shape index (κ3) is 2.87. The maximum atomic E-state index is 10.8. The van der Waals surface area contributed by atoms with E-state index in [0.717, 1.165) is 19.4 Å². The molecule has 1 saturated carbocycles. The number of hydrogen-bond donors (Lipinski definition) is 2. The fraction of sp³-hybridized carbons (Fsp3) is 0.583. The Bertz CT molecular complexity index is 382. The second kappa shape index (κ2) is 5.33. The first kappa shape index (κ1) is 12.1. The van der Waals surface area contributed by atoms with E-state index in [0.29, 0.717) is 24.3 Å². The van der Waals surface area contributed by atoms with Crippen molar-refractivity contribution in [1.82, 2.24) is 5.32 Å². The Morgan fingerprint density at radius 3 is 3.06 bits per heavy atom. The fourth-order valence-electron chi connectivity index (χ4n) is 2.02. The van der Waals surface area contributed by atoms with Crippen molar-refractivity contribution in [2.75, 3.05) is 6.61 Å². The van der Waals surface area contributed by atoms with Crippen molar-refractivity contribution < 1.29 is 19.1 Å². The molecule has 5 nitrogen and oxygen atoms in total. The quantitative estimate of drug-likeness (QED) is 0.789. The molecule has 0 unspecified atom stereocenters. The maximum absolute atomic E-state index is 10.8. The van der Waals surface area contributed by atoms with Crippen molar-refractivity contribution >= 4 is 5.97 Å². The van der Waals surface area contributed by atoms with E-state index in [1.54, 1.807) is 6.07 Å². The number of nitrogens with one attached hydrogen (secondary N) is 1. The molecule has 0 spiro atoms. The molecule has 0 aromatic carbocycles. The number of carbonyl (C=O) groups is 1. The molecule has 0 saturated heterocycles. The monoisotopic (exact) mass is 239 g/mol. The van der Waals surface area contributed by atoms with Gasteiger partial charge in [0.15, 0.2) is 0 Å². The van der Waals surface area contributed by atoms with Gasteiger partial charge >= 0.3 is 5.97 Å². The lowest BCUT2D eigenvalue weighted by atomic mass is 9.89. The topological polar surface area (TPSA) is 71.7 Å². The van der Waals surface area contributed by atoms with E-state index in [1.807, 2.05) is 6.92 Å². The molecule has 0 amide bonds. The van der Waals surface area contributed by atoms with Crippen LogP contribution < -0.4 is 5.32 Å². The number of ether oxygens (including phenoxy) is 1. The smallest absolute Gasteiger partial charge is 0.372 e. The van der Waals surface area contributed by atoms with E-state index in [4.69, 9.17) is 14.3 Å². The maximum Gasteiger partial charge on any atom is 0.372 e. The molecular weight excluding hydrogens is 222 g/mol. The normalized spacial score (nSPS) is 23.4. The molecule has 0 bridgehead atoms. The largest absolute Gasteiger partial charge is 0.475 e. The van der Waals surface area contributed by atoms with Crippen molar-refractivity contribution in [2.45, 2.75) is 38.5 Å². The van der Waals surface area contributed by atoms with Crippen molar-refractivity contribution in [3.63, 3.8) is 0 Å². The van der Waals surface area contributed by atoms with Gasteiger partial charge in [-0.2, -0.15) is 0 Å². The minimum absolute atomic E-state index is 0.0261. The molecule has 2 N–H and O–H groups in total. The average Bonchev–Trinajstić information content (AvgIpc) is 2.69. The first-order chi connectivity index (χ1) is 8.20. The van der Waals surface area contributed by atoms with Crippen LogP contribution in [0.4, 0.5) is 0 Å². The summed E-state index contributed by atoms with van der Waals surface area (Å²) < 4.78 is 10.4. The van der Waals surface area contributed by atoms with Crippen LogP contribution >= 0.6 is 0 Å². The van der Waals surface area contributed by atoms with Crippen molar-refractivity contribution in [1.29, 1.82) is 0 Å². The second-order valence-electron chi connectivity index (χ2n) is 4.21. The summed E-state index contributed by atoms with van der Waals surface area (Å²) in [6, 6.07) is 2.11. The second-order valence-corrected chi connectivity index (χ2v) is 4.21. The van der Waals surface area contributed by atoms with Gasteiger partial charge in [0, 0.05) is 24.8 Å². The molecule has 1 fully saturated rings. The molecule has 1 aromatic heterocycles. The van der Waals surface area contributed by atoms with Crippen LogP contribution in [-0.2, 0) is 11.3 Å². The number of hydrogen-bond acceptors (Lipinski definition) is 4. The van der Waals surface area contributed by atoms with Gasteiger partial charge in [0.2, 0.25) is 5.76 Å². The van der Waals surface area contributed by atoms with E-state index in [-0.39, 0.29) is 5.76 Å². The number of carboxylic acid groups (broad SMARTS) is 1. The lowest BCUT2D eigenvalue weighted by molar-refractivity contribution is -0.0102. The first-order valence-electron chi connectivity index (χ1n) is 5.85. The summed E-state index contributed by atoms with van der Waals surface area (Å²) in [6.07, 6.45) is 3.76. The van der Waals surface area contributed by atoms with Crippen LogP contribution in [0.2, 0.25) is 0 Å². The molecule has 1 aromatic rings. The lowest BCUT2D eigenvalue weighted by Gasteiger charge is -2.35. The Balaban J connectivity index is 1.76. The van der Waals surface area contributed by atoms with Crippen molar-refractivity contribution in [3.8, 4) is 0 Å². The van der Waals surface area contributed by atoms with Gasteiger partial charge < -0.3 is 19.6 Å². The number of aromatic carboxylic acids is 1. The van der Waals surface area contributed by atoms with Crippen LogP contribution in [-0.4, -0.2) is 29.8 Å². The fourth-order valence-corrected chi connectivity index (χ4v) is 2.02. The van der Waals surface area contributed by atoms with E-state index in [2.05, 4.69) is 5.32 Å². The van der Waals surface area contributed by atoms with Crippen molar-refractivity contribution in [3.05, 3.63) is 23.7 Å². The third-order valence-electron chi connectivity index (χ3n) is 3.02. The predicted molar refractivity (Wildman–Crippen MR) is 60.9 cm³/mol. The molecule has 0 radical (unpaired) electrons. The van der Waals surface area contributed by atoms with E-state index < -0.39 is 5.97 Å². The summed E-state index contributed by atoms with van der Waals surface area (Å²) in [5.41, 5.74) is 0.692. The summed E-state index contributed by atoms with van der Waals surface area (Å²) in [6.45, 7) is 3.27. The Labute approximate surface area is 99.8 Å². The SMILES string of the molecule is CCOC1CC(NCc2ccoc2C(=O)O)C1. The zero-order chi connectivity index (χ0) is 12.3. The van der Waals surface area contributed by atoms with E-state index in [1.165, 1.54) is 6.26 Å². The van der Waals surface area contributed by atoms with Crippen LogP contribution in [0.15, 0.2) is 16.7 Å². The summed E-state index contributed by atoms with van der Waals surface area (Å²) in [4.78, 5) is 10.8. The van der Waals surface area contributed by atoms with Crippen LogP contribution in [0.25, 0.3) is 0 Å². The molecule has 0 atom stereocenters. The predicted octanol–water partition coefficient (Wildman–Crippen LogP) is 1.63. The van der Waals surface area contributed by atoms with Gasteiger partial charge in [-0.1, -0.05) is 0 Å². The Morgan fingerprint density at radius 1 is 1.65 bits per heavy atom. The highest BCUT2D eigenvalue weighted by atomic mass is 16.5. The van der Waals surface area contributed by atoms with Gasteiger partial charge in [-0.05, 0) is 25.8 Å². The highest BCUT2D eigenvalue weighted by Crippen LogP contribution is 2.23. The highest BCUT2D eigenvalue weighted by molar-refractivity contribution is 5.86. The summed E-state index contributed by atoms with van der Waals surface area (Å²) in [5.74, 6) is -0.995. The molecule has 5 heteroatoms. The number of carboxylic acids is 1. The minimum atomic E-state index is -1.02. The molecule has 17 heavy (non-hydrogen) atoms. The first-order valence-corrected chi connectivity index (χ1v) is 5.85. The van der Waals surface area contributed by atoms with Crippen LogP contribution in [0.5, 0.6) is 0 Å². The Hall–Kier alpha value is -1.33. The Kier molecular flexibility index (Phi) is 3.81. The van der Waals surface area contributed by atoms with Crippen LogP contribution in [0.3, 0.4) is 0 Å². The van der Waals surface area contributed by atoms with Gasteiger partial charge in [0.1, 0.15) is 0 Å². The third-order valence-corrected chi connectivity index (χ3v) is 3.02. The molecule has 2 rings (SSSR count). The standard InChI is InChI=1S/C12H17NO4/c1-2-16-10-5-9(6-10)13-7-8-3-4-17-11(8)12(14)15/h3-4,9-10,13H,2,5-7H2,1H3,(H,14,15). The molecule has 1 aliphatic carbocycles. The van der Waals surface area contributed by atoms with Gasteiger partial charge in [0.05, 0.1) is 12.4 Å². The molecule has 1 heterocycles. The minimum Gasteiger partial charge on any atom is -0.475 e. The lowest BCUT2D eigenvalue weighted by Crippen LogP contribution is -2.45. The van der Waals surface area contributed by atoms with Crippen LogP contribution in [0, 0.1) is 0 Å². The van der Waals surface area contributed by atoms with Crippen LogP contribution in [0.1, 0.15) is 35.9 Å². The average molecular weight is 239 g/mol. The number of rotatable bonds is 6. The zero-order valence-electron chi connectivity index (χ0n) is 9.81. The van der Waals surface area contributed by atoms with Gasteiger partial charge in [0.25, 0.3) is 0 Å². The summed E-state index contributed by atoms with van der Waals surface area (Å²) in [5, 5.41) is 12.2. The summed E-state index contributed by atoms with van der Waals surface area (Å²) >= 11 is 0. The highest BCUT2D eigenvalue weighted by Gasteiger charge is 2.29. The summed E-state index contributed by atoms with van der Waals surface area (Å²) in [7, 11) is 0. The van der Waals surface area contributed by atoms with E-state index in [9.17, 15) is 4.79 Å². The van der Waals surface area contributed by atoms with Gasteiger partial charge in [-0.3, -0.25) is 0 Å². The molecule has 94 valence electrons. The van der Waals surface area contributed by atoms with Gasteiger partial charge in [-0.15, -0.1) is 0 Å². The molecule has 1 aliphatic rings. The zero-order valence-corrected chi connectivity index (χ0v) is 9.81. The molecular formula is C12H17NO4. The van der Waals surface area contributed by atoms with Gasteiger partial charge in [-0.25, -0.2) is 4.79 Å².